The Kier molecular flexibility index (Phi) is 3.93. The van der Waals surface area contributed by atoms with E-state index in [1.165, 1.54) is 0 Å². The second-order valence-electron chi connectivity index (χ2n) is 7.45. The third-order valence-electron chi connectivity index (χ3n) is 5.62. The Morgan fingerprint density at radius 3 is 2.93 bits per heavy atom. The van der Waals surface area contributed by atoms with Crippen LogP contribution in [0.25, 0.3) is 21.9 Å². The van der Waals surface area contributed by atoms with Crippen LogP contribution in [0.15, 0.2) is 54.7 Å². The van der Waals surface area contributed by atoms with E-state index in [2.05, 4.69) is 21.4 Å². The Morgan fingerprint density at radius 1 is 1.07 bits per heavy atom. The fourth-order valence-corrected chi connectivity index (χ4v) is 4.19. The van der Waals surface area contributed by atoms with Gasteiger partial charge in [0.2, 0.25) is 0 Å². The van der Waals surface area contributed by atoms with Crippen molar-refractivity contribution in [2.24, 2.45) is 0 Å². The minimum Gasteiger partial charge on any atom is -0.361 e. The van der Waals surface area contributed by atoms with Crippen LogP contribution in [0.2, 0.25) is 0 Å². The summed E-state index contributed by atoms with van der Waals surface area (Å²) < 4.78 is 0. The number of amides is 1. The number of aromatic nitrogens is 3. The average Bonchev–Trinajstić information content (AvgIpc) is 3.34. The van der Waals surface area contributed by atoms with E-state index in [4.69, 9.17) is 4.98 Å². The molecule has 0 spiro atoms. The summed E-state index contributed by atoms with van der Waals surface area (Å²) in [7, 11) is 0. The van der Waals surface area contributed by atoms with Crippen LogP contribution in [0.4, 0.5) is 0 Å². The number of rotatable bonds is 3. The van der Waals surface area contributed by atoms with Crippen LogP contribution < -0.4 is 5.32 Å². The fraction of sp³-hybridized carbons (Fsp3) is 0.273. The van der Waals surface area contributed by atoms with Gasteiger partial charge in [-0.15, -0.1) is 0 Å². The van der Waals surface area contributed by atoms with Crippen molar-refractivity contribution in [3.63, 3.8) is 0 Å². The first-order valence-electron chi connectivity index (χ1n) is 9.59. The van der Waals surface area contributed by atoms with Gasteiger partial charge in [-0.3, -0.25) is 4.79 Å². The van der Waals surface area contributed by atoms with Gasteiger partial charge >= 0.3 is 0 Å². The van der Waals surface area contributed by atoms with Crippen molar-refractivity contribution >= 4 is 27.8 Å². The van der Waals surface area contributed by atoms with E-state index < -0.39 is 0 Å². The zero-order chi connectivity index (χ0) is 18.2. The maximum Gasteiger partial charge on any atom is 0.251 e. The van der Waals surface area contributed by atoms with Crippen molar-refractivity contribution in [3.8, 4) is 0 Å². The number of fused-ring (bicyclic) bond motifs is 2. The normalized spacial score (nSPS) is 20.1. The molecular weight excluding hydrogens is 336 g/mol. The SMILES string of the molecule is O=C(NC1CCCC(c2nc3ccccc3[nH]2)C1)c1ccc2cc[nH]c2c1. The van der Waals surface area contributed by atoms with Crippen LogP contribution in [0.5, 0.6) is 0 Å². The molecule has 3 N–H and O–H groups in total. The van der Waals surface area contributed by atoms with Crippen molar-refractivity contribution in [2.45, 2.75) is 37.6 Å². The molecule has 0 saturated heterocycles. The van der Waals surface area contributed by atoms with E-state index in [0.29, 0.717) is 11.5 Å². The fourth-order valence-electron chi connectivity index (χ4n) is 4.19. The number of nitrogens with one attached hydrogen (secondary N) is 3. The summed E-state index contributed by atoms with van der Waals surface area (Å²) in [5.74, 6) is 1.41. The topological polar surface area (TPSA) is 73.6 Å². The first-order valence-corrected chi connectivity index (χ1v) is 9.59. The zero-order valence-electron chi connectivity index (χ0n) is 15.0. The highest BCUT2D eigenvalue weighted by Crippen LogP contribution is 2.32. The molecule has 1 aliphatic rings. The largest absolute Gasteiger partial charge is 0.361 e. The Balaban J connectivity index is 1.31. The predicted octanol–water partition coefficient (Wildman–Crippen LogP) is 4.50. The molecule has 2 aromatic heterocycles. The molecule has 136 valence electrons. The number of carbonyl (C=O) groups excluding carboxylic acids is 1. The highest BCUT2D eigenvalue weighted by atomic mass is 16.1. The summed E-state index contributed by atoms with van der Waals surface area (Å²) >= 11 is 0. The van der Waals surface area contributed by atoms with Crippen LogP contribution in [0.1, 0.15) is 47.8 Å². The van der Waals surface area contributed by atoms with Gasteiger partial charge in [-0.1, -0.05) is 24.6 Å². The molecule has 2 unspecified atom stereocenters. The van der Waals surface area contributed by atoms with Crippen molar-refractivity contribution < 1.29 is 4.79 Å². The molecule has 2 heterocycles. The number of imidazole rings is 1. The third-order valence-corrected chi connectivity index (χ3v) is 5.62. The molecule has 1 fully saturated rings. The molecule has 4 aromatic rings. The lowest BCUT2D eigenvalue weighted by atomic mass is 9.85. The van der Waals surface area contributed by atoms with E-state index in [1.807, 2.05) is 48.7 Å². The van der Waals surface area contributed by atoms with Gasteiger partial charge in [0.1, 0.15) is 5.82 Å². The molecule has 0 bridgehead atoms. The van der Waals surface area contributed by atoms with Gasteiger partial charge in [-0.2, -0.15) is 0 Å². The minimum atomic E-state index is 0.00163. The van der Waals surface area contributed by atoms with Crippen molar-refractivity contribution in [2.75, 3.05) is 0 Å². The van der Waals surface area contributed by atoms with E-state index in [-0.39, 0.29) is 11.9 Å². The quantitative estimate of drug-likeness (QED) is 0.504. The van der Waals surface area contributed by atoms with E-state index >= 15 is 0 Å². The second-order valence-corrected chi connectivity index (χ2v) is 7.45. The molecule has 0 radical (unpaired) electrons. The highest BCUT2D eigenvalue weighted by Gasteiger charge is 2.26. The first-order chi connectivity index (χ1) is 13.3. The number of benzene rings is 2. The Bertz CT molecular complexity index is 1080. The van der Waals surface area contributed by atoms with Crippen LogP contribution in [0, 0.1) is 0 Å². The Hall–Kier alpha value is -3.08. The molecule has 2 aromatic carbocycles. The summed E-state index contributed by atoms with van der Waals surface area (Å²) in [4.78, 5) is 24.1. The number of para-hydroxylation sites is 2. The number of H-pyrrole nitrogens is 2. The lowest BCUT2D eigenvalue weighted by Crippen LogP contribution is -2.38. The zero-order valence-corrected chi connectivity index (χ0v) is 15.0. The molecule has 2 atom stereocenters. The third kappa shape index (κ3) is 3.10. The molecule has 5 heteroatoms. The van der Waals surface area contributed by atoms with Gasteiger partial charge in [-0.05, 0) is 55.0 Å². The molecule has 5 rings (SSSR count). The Morgan fingerprint density at radius 2 is 2.00 bits per heavy atom. The van der Waals surface area contributed by atoms with Gasteiger partial charge < -0.3 is 15.3 Å². The van der Waals surface area contributed by atoms with Crippen molar-refractivity contribution in [1.29, 1.82) is 0 Å². The lowest BCUT2D eigenvalue weighted by Gasteiger charge is -2.28. The monoisotopic (exact) mass is 358 g/mol. The standard InChI is InChI=1S/C22H22N4O/c27-22(16-9-8-14-10-11-23-20(14)13-16)24-17-5-3-4-15(12-17)21-25-18-6-1-2-7-19(18)26-21/h1-2,6-11,13,15,17,23H,3-5,12H2,(H,24,27)(H,25,26). The van der Waals surface area contributed by atoms with Crippen LogP contribution >= 0.6 is 0 Å². The first kappa shape index (κ1) is 16.1. The summed E-state index contributed by atoms with van der Waals surface area (Å²) in [6, 6.07) is 16.1. The number of aromatic amines is 2. The molecule has 5 nitrogen and oxygen atoms in total. The molecule has 1 amide bonds. The van der Waals surface area contributed by atoms with E-state index in [0.717, 1.165) is 53.4 Å². The van der Waals surface area contributed by atoms with Crippen LogP contribution in [-0.2, 0) is 0 Å². The maximum atomic E-state index is 12.7. The summed E-state index contributed by atoms with van der Waals surface area (Å²) in [5.41, 5.74) is 3.79. The van der Waals surface area contributed by atoms with Gasteiger partial charge in [0, 0.05) is 29.2 Å². The average molecular weight is 358 g/mol. The van der Waals surface area contributed by atoms with Crippen molar-refractivity contribution in [1.82, 2.24) is 20.3 Å². The molecular formula is C22H22N4O. The van der Waals surface area contributed by atoms with Crippen LogP contribution in [-0.4, -0.2) is 26.9 Å². The summed E-state index contributed by atoms with van der Waals surface area (Å²) in [6.07, 6.45) is 6.05. The van der Waals surface area contributed by atoms with Gasteiger partial charge in [0.25, 0.3) is 5.91 Å². The van der Waals surface area contributed by atoms with Gasteiger partial charge in [-0.25, -0.2) is 4.98 Å². The minimum absolute atomic E-state index is 0.00163. The Labute approximate surface area is 157 Å². The summed E-state index contributed by atoms with van der Waals surface area (Å²) in [6.45, 7) is 0. The number of hydrogen-bond acceptors (Lipinski definition) is 2. The molecule has 0 aliphatic heterocycles. The second kappa shape index (κ2) is 6.58. The molecule has 1 aliphatic carbocycles. The van der Waals surface area contributed by atoms with Crippen LogP contribution in [0.3, 0.4) is 0 Å². The molecule has 27 heavy (non-hydrogen) atoms. The number of carbonyl (C=O) groups is 1. The predicted molar refractivity (Wildman–Crippen MR) is 107 cm³/mol. The van der Waals surface area contributed by atoms with Crippen molar-refractivity contribution in [3.05, 3.63) is 66.1 Å². The highest BCUT2D eigenvalue weighted by molar-refractivity contribution is 5.98. The van der Waals surface area contributed by atoms with E-state index in [1.54, 1.807) is 0 Å². The number of hydrogen-bond donors (Lipinski definition) is 3. The maximum absolute atomic E-state index is 12.7. The lowest BCUT2D eigenvalue weighted by molar-refractivity contribution is 0.0925. The summed E-state index contributed by atoms with van der Waals surface area (Å²) in [5, 5.41) is 4.35. The van der Waals surface area contributed by atoms with Gasteiger partial charge in [0.05, 0.1) is 11.0 Å². The number of nitrogens with zero attached hydrogens (tertiary/aromatic N) is 1. The smallest absolute Gasteiger partial charge is 0.251 e. The molecule has 1 saturated carbocycles. The van der Waals surface area contributed by atoms with Gasteiger partial charge in [0.15, 0.2) is 0 Å². The van der Waals surface area contributed by atoms with E-state index in [9.17, 15) is 4.79 Å².